The lowest BCUT2D eigenvalue weighted by molar-refractivity contribution is -0.113. The van der Waals surface area contributed by atoms with Crippen LogP contribution in [0.25, 0.3) is 0 Å². The van der Waals surface area contributed by atoms with E-state index in [0.717, 1.165) is 24.8 Å². The highest BCUT2D eigenvalue weighted by molar-refractivity contribution is 5.93. The second-order valence-corrected chi connectivity index (χ2v) is 3.63. The summed E-state index contributed by atoms with van der Waals surface area (Å²) in [6, 6.07) is 0. The maximum absolute atomic E-state index is 11.1. The molecule has 1 nitrogen and oxygen atoms in total. The van der Waals surface area contributed by atoms with Gasteiger partial charge in [0.2, 0.25) is 0 Å². The summed E-state index contributed by atoms with van der Waals surface area (Å²) in [6.45, 7) is 8.09. The third kappa shape index (κ3) is 5.11. The molecule has 70 valence electrons. The summed E-state index contributed by atoms with van der Waals surface area (Å²) in [4.78, 5) is 11.1. The van der Waals surface area contributed by atoms with Gasteiger partial charge >= 0.3 is 0 Å². The molecule has 12 heavy (non-hydrogen) atoms. The predicted octanol–water partition coefficient (Wildman–Crippen LogP) is 3.35. The van der Waals surface area contributed by atoms with Gasteiger partial charge in [0.15, 0.2) is 5.78 Å². The van der Waals surface area contributed by atoms with Crippen LogP contribution >= 0.6 is 0 Å². The lowest BCUT2D eigenvalue weighted by Crippen LogP contribution is -1.99. The van der Waals surface area contributed by atoms with Gasteiger partial charge in [-0.15, -0.1) is 0 Å². The van der Waals surface area contributed by atoms with E-state index >= 15 is 0 Å². The largest absolute Gasteiger partial charge is 0.295 e. The molecule has 0 spiro atoms. The fourth-order valence-electron chi connectivity index (χ4n) is 1.11. The highest BCUT2D eigenvalue weighted by atomic mass is 16.1. The number of carbonyl (C=O) groups is 1. The summed E-state index contributed by atoms with van der Waals surface area (Å²) in [6.07, 6.45) is 5.07. The van der Waals surface area contributed by atoms with Crippen LogP contribution in [0.3, 0.4) is 0 Å². The number of hydrogen-bond donors (Lipinski definition) is 0. The Kier molecular flexibility index (Phi) is 5.69. The zero-order valence-electron chi connectivity index (χ0n) is 8.68. The molecule has 0 aromatic heterocycles. The normalized spacial score (nSPS) is 12.2. The average Bonchev–Trinajstić information content (AvgIpc) is 1.96. The zero-order chi connectivity index (χ0) is 9.56. The minimum absolute atomic E-state index is 0.234. The summed E-state index contributed by atoms with van der Waals surface area (Å²) < 4.78 is 0. The van der Waals surface area contributed by atoms with Gasteiger partial charge in [0.25, 0.3) is 0 Å². The molecule has 0 aliphatic heterocycles. The number of ketones is 1. The zero-order valence-corrected chi connectivity index (χ0v) is 8.68. The Balaban J connectivity index is 3.97. The second-order valence-electron chi connectivity index (χ2n) is 3.63. The number of hydrogen-bond acceptors (Lipinski definition) is 1. The molecule has 0 aliphatic rings. The first-order chi connectivity index (χ1) is 5.57. The maximum atomic E-state index is 11.1. The first kappa shape index (κ1) is 11.4. The summed E-state index contributed by atoms with van der Waals surface area (Å²) in [5.74, 6) is 0.919. The van der Waals surface area contributed by atoms with Crippen LogP contribution in [0, 0.1) is 5.92 Å². The molecule has 0 unspecified atom stereocenters. The van der Waals surface area contributed by atoms with E-state index in [4.69, 9.17) is 0 Å². The lowest BCUT2D eigenvalue weighted by atomic mass is 10.00. The van der Waals surface area contributed by atoms with E-state index in [1.807, 2.05) is 6.08 Å². The van der Waals surface area contributed by atoms with Crippen LogP contribution < -0.4 is 0 Å². The van der Waals surface area contributed by atoms with Crippen molar-refractivity contribution in [3.63, 3.8) is 0 Å². The van der Waals surface area contributed by atoms with Gasteiger partial charge in [0, 0.05) is 0 Å². The molecule has 0 aliphatic carbocycles. The molecule has 0 atom stereocenters. The molecule has 0 fully saturated rings. The van der Waals surface area contributed by atoms with Crippen LogP contribution in [0.1, 0.15) is 47.0 Å². The molecule has 1 heteroatoms. The summed E-state index contributed by atoms with van der Waals surface area (Å²) in [7, 11) is 0. The Morgan fingerprint density at radius 2 is 2.00 bits per heavy atom. The van der Waals surface area contributed by atoms with Gasteiger partial charge < -0.3 is 0 Å². The van der Waals surface area contributed by atoms with Gasteiger partial charge in [0.1, 0.15) is 0 Å². The minimum atomic E-state index is 0.234. The van der Waals surface area contributed by atoms with Crippen molar-refractivity contribution in [2.75, 3.05) is 0 Å². The van der Waals surface area contributed by atoms with Gasteiger partial charge in [-0.25, -0.2) is 0 Å². The predicted molar refractivity (Wildman–Crippen MR) is 53.1 cm³/mol. The lowest BCUT2D eigenvalue weighted by Gasteiger charge is -2.05. The molecule has 0 saturated heterocycles. The molecule has 0 N–H and O–H groups in total. The number of rotatable bonds is 5. The molecule has 0 rings (SSSR count). The van der Waals surface area contributed by atoms with Crippen molar-refractivity contribution in [1.82, 2.24) is 0 Å². The number of carbonyl (C=O) groups excluding carboxylic acids is 1. The molecule has 0 heterocycles. The minimum Gasteiger partial charge on any atom is -0.295 e. The Hall–Kier alpha value is -0.590. The van der Waals surface area contributed by atoms with Gasteiger partial charge in [0.05, 0.1) is 0 Å². The van der Waals surface area contributed by atoms with Crippen LogP contribution in [0.15, 0.2) is 11.6 Å². The van der Waals surface area contributed by atoms with E-state index in [2.05, 4.69) is 20.8 Å². The summed E-state index contributed by atoms with van der Waals surface area (Å²) in [5, 5.41) is 0. The van der Waals surface area contributed by atoms with Crippen LogP contribution in [-0.2, 0) is 4.79 Å². The average molecular weight is 168 g/mol. The van der Waals surface area contributed by atoms with Crippen molar-refractivity contribution in [1.29, 1.82) is 0 Å². The van der Waals surface area contributed by atoms with E-state index in [-0.39, 0.29) is 5.78 Å². The summed E-state index contributed by atoms with van der Waals surface area (Å²) in [5.41, 5.74) is 1.01. The SMILES string of the molecule is CCC=C(CCC(C)C)C(C)=O. The standard InChI is InChI=1S/C11H20O/c1-5-6-11(10(4)12)8-7-9(2)3/h6,9H,5,7-8H2,1-4H3. The maximum Gasteiger partial charge on any atom is 0.155 e. The van der Waals surface area contributed by atoms with Crippen molar-refractivity contribution in [3.8, 4) is 0 Å². The number of allylic oxidation sites excluding steroid dienone is 2. The molecule has 0 saturated carbocycles. The molecule has 0 bridgehead atoms. The van der Waals surface area contributed by atoms with Crippen LogP contribution in [0.2, 0.25) is 0 Å². The topological polar surface area (TPSA) is 17.1 Å². The Morgan fingerprint density at radius 1 is 1.42 bits per heavy atom. The van der Waals surface area contributed by atoms with Gasteiger partial charge in [-0.3, -0.25) is 4.79 Å². The van der Waals surface area contributed by atoms with Crippen molar-refractivity contribution in [2.24, 2.45) is 5.92 Å². The van der Waals surface area contributed by atoms with Crippen LogP contribution in [0.5, 0.6) is 0 Å². The van der Waals surface area contributed by atoms with Crippen molar-refractivity contribution in [3.05, 3.63) is 11.6 Å². The van der Waals surface area contributed by atoms with E-state index in [1.54, 1.807) is 6.92 Å². The molecule has 0 aromatic rings. The second kappa shape index (κ2) is 5.99. The molecule has 0 aromatic carbocycles. The fraction of sp³-hybridized carbons (Fsp3) is 0.727. The van der Waals surface area contributed by atoms with E-state index in [1.165, 1.54) is 0 Å². The highest BCUT2D eigenvalue weighted by Crippen LogP contribution is 2.12. The Morgan fingerprint density at radius 3 is 2.33 bits per heavy atom. The van der Waals surface area contributed by atoms with Gasteiger partial charge in [-0.1, -0.05) is 26.8 Å². The monoisotopic (exact) mass is 168 g/mol. The molecule has 0 amide bonds. The molecule has 0 radical (unpaired) electrons. The fourth-order valence-corrected chi connectivity index (χ4v) is 1.11. The van der Waals surface area contributed by atoms with E-state index in [0.29, 0.717) is 5.92 Å². The van der Waals surface area contributed by atoms with Crippen LogP contribution in [-0.4, -0.2) is 5.78 Å². The molecular weight excluding hydrogens is 148 g/mol. The quantitative estimate of drug-likeness (QED) is 0.575. The van der Waals surface area contributed by atoms with E-state index in [9.17, 15) is 4.79 Å². The number of Topliss-reactive ketones (excluding diaryl/α,β-unsaturated/α-hetero) is 1. The van der Waals surface area contributed by atoms with Crippen molar-refractivity contribution < 1.29 is 4.79 Å². The molecular formula is C11H20O. The third-order valence-electron chi connectivity index (χ3n) is 1.89. The van der Waals surface area contributed by atoms with Gasteiger partial charge in [-0.05, 0) is 37.7 Å². The van der Waals surface area contributed by atoms with Crippen molar-refractivity contribution in [2.45, 2.75) is 47.0 Å². The van der Waals surface area contributed by atoms with Crippen LogP contribution in [0.4, 0.5) is 0 Å². The van der Waals surface area contributed by atoms with Crippen molar-refractivity contribution >= 4 is 5.78 Å². The highest BCUT2D eigenvalue weighted by Gasteiger charge is 2.03. The van der Waals surface area contributed by atoms with Gasteiger partial charge in [-0.2, -0.15) is 0 Å². The first-order valence-electron chi connectivity index (χ1n) is 4.77. The first-order valence-corrected chi connectivity index (χ1v) is 4.77. The Labute approximate surface area is 75.9 Å². The Bertz CT molecular complexity index is 166. The summed E-state index contributed by atoms with van der Waals surface area (Å²) >= 11 is 0. The smallest absolute Gasteiger partial charge is 0.155 e. The third-order valence-corrected chi connectivity index (χ3v) is 1.89. The van der Waals surface area contributed by atoms with E-state index < -0.39 is 0 Å².